The Morgan fingerprint density at radius 1 is 1.07 bits per heavy atom. The quantitative estimate of drug-likeness (QED) is 0.739. The topological polar surface area (TPSA) is 81.8 Å². The van der Waals surface area contributed by atoms with Crippen molar-refractivity contribution in [1.29, 1.82) is 0 Å². The van der Waals surface area contributed by atoms with E-state index in [1.807, 2.05) is 42.5 Å². The molecular formula is C23H28N4O3. The number of likely N-dealkylation sites (tertiary alicyclic amines) is 1. The number of benzene rings is 2. The van der Waals surface area contributed by atoms with E-state index >= 15 is 0 Å². The Morgan fingerprint density at radius 2 is 1.77 bits per heavy atom. The Labute approximate surface area is 177 Å². The molecular weight excluding hydrogens is 380 g/mol. The summed E-state index contributed by atoms with van der Waals surface area (Å²) in [5.74, 6) is 0.150. The van der Waals surface area contributed by atoms with Crippen molar-refractivity contribution in [2.75, 3.05) is 32.5 Å². The van der Waals surface area contributed by atoms with Crippen molar-refractivity contribution in [3.63, 3.8) is 0 Å². The van der Waals surface area contributed by atoms with Crippen LogP contribution in [0.4, 0.5) is 10.5 Å². The fourth-order valence-corrected chi connectivity index (χ4v) is 3.40. The molecule has 1 fully saturated rings. The molecule has 1 atom stereocenters. The molecule has 1 heterocycles. The summed E-state index contributed by atoms with van der Waals surface area (Å²) in [7, 11) is 3.45. The average Bonchev–Trinajstić information content (AvgIpc) is 3.14. The lowest BCUT2D eigenvalue weighted by Gasteiger charge is -2.25. The number of anilines is 1. The molecule has 0 unspecified atom stereocenters. The van der Waals surface area contributed by atoms with Crippen LogP contribution >= 0.6 is 0 Å². The summed E-state index contributed by atoms with van der Waals surface area (Å²) >= 11 is 0. The fourth-order valence-electron chi connectivity index (χ4n) is 3.40. The van der Waals surface area contributed by atoms with Crippen LogP contribution in [-0.4, -0.2) is 54.8 Å². The molecule has 158 valence electrons. The highest BCUT2D eigenvalue weighted by Gasteiger charge is 2.25. The maximum absolute atomic E-state index is 12.6. The van der Waals surface area contributed by atoms with Gasteiger partial charge in [0, 0.05) is 39.3 Å². The van der Waals surface area contributed by atoms with Gasteiger partial charge in [0.05, 0.1) is 12.5 Å². The molecule has 2 aromatic rings. The van der Waals surface area contributed by atoms with Crippen LogP contribution in [0, 0.1) is 0 Å². The van der Waals surface area contributed by atoms with Gasteiger partial charge in [-0.05, 0) is 29.7 Å². The summed E-state index contributed by atoms with van der Waals surface area (Å²) in [6, 6.07) is 16.2. The van der Waals surface area contributed by atoms with E-state index in [0.717, 1.165) is 24.1 Å². The Kier molecular flexibility index (Phi) is 7.06. The summed E-state index contributed by atoms with van der Waals surface area (Å²) in [4.78, 5) is 39.8. The number of urea groups is 1. The van der Waals surface area contributed by atoms with Crippen molar-refractivity contribution in [2.24, 2.45) is 0 Å². The largest absolute Gasteiger partial charge is 0.349 e. The highest BCUT2D eigenvalue weighted by Crippen LogP contribution is 2.19. The van der Waals surface area contributed by atoms with Gasteiger partial charge in [0.1, 0.15) is 0 Å². The lowest BCUT2D eigenvalue weighted by atomic mass is 10.1. The van der Waals surface area contributed by atoms with Gasteiger partial charge in [0.2, 0.25) is 11.8 Å². The fraction of sp³-hybridized carbons (Fsp3) is 0.348. The number of carbonyl (C=O) groups excluding carboxylic acids is 3. The number of likely N-dealkylation sites (N-methyl/N-ethyl adjacent to an activating group) is 1. The first-order chi connectivity index (χ1) is 14.4. The predicted octanol–water partition coefficient (Wildman–Crippen LogP) is 2.80. The molecule has 0 aromatic heterocycles. The highest BCUT2D eigenvalue weighted by molar-refractivity contribution is 5.89. The second-order valence-corrected chi connectivity index (χ2v) is 7.67. The molecule has 0 saturated carbocycles. The van der Waals surface area contributed by atoms with E-state index in [2.05, 4.69) is 10.6 Å². The predicted molar refractivity (Wildman–Crippen MR) is 116 cm³/mol. The number of nitrogens with one attached hydrogen (secondary N) is 2. The smallest absolute Gasteiger partial charge is 0.319 e. The molecule has 4 amide bonds. The number of rotatable bonds is 7. The third-order valence-corrected chi connectivity index (χ3v) is 5.15. The van der Waals surface area contributed by atoms with Gasteiger partial charge in [-0.2, -0.15) is 0 Å². The summed E-state index contributed by atoms with van der Waals surface area (Å²) < 4.78 is 0. The highest BCUT2D eigenvalue weighted by atomic mass is 16.2. The molecule has 0 radical (unpaired) electrons. The van der Waals surface area contributed by atoms with Crippen molar-refractivity contribution in [2.45, 2.75) is 25.3 Å². The van der Waals surface area contributed by atoms with Crippen molar-refractivity contribution in [3.05, 3.63) is 65.7 Å². The second kappa shape index (κ2) is 9.91. The summed E-state index contributed by atoms with van der Waals surface area (Å²) in [6.07, 6.45) is 1.74. The zero-order valence-electron chi connectivity index (χ0n) is 17.4. The van der Waals surface area contributed by atoms with Crippen LogP contribution in [-0.2, 0) is 16.0 Å². The molecule has 30 heavy (non-hydrogen) atoms. The maximum atomic E-state index is 12.6. The number of hydrogen-bond donors (Lipinski definition) is 2. The number of carbonyl (C=O) groups is 3. The van der Waals surface area contributed by atoms with Crippen LogP contribution in [0.3, 0.4) is 0 Å². The lowest BCUT2D eigenvalue weighted by Crippen LogP contribution is -2.40. The molecule has 0 bridgehead atoms. The van der Waals surface area contributed by atoms with Crippen LogP contribution in [0.15, 0.2) is 54.6 Å². The summed E-state index contributed by atoms with van der Waals surface area (Å²) in [5, 5.41) is 5.82. The van der Waals surface area contributed by atoms with Gasteiger partial charge in [0.25, 0.3) is 0 Å². The minimum atomic E-state index is -0.340. The van der Waals surface area contributed by atoms with Crippen molar-refractivity contribution in [1.82, 2.24) is 15.1 Å². The minimum absolute atomic E-state index is 0.0237. The normalized spacial score (nSPS) is 14.3. The van der Waals surface area contributed by atoms with Crippen molar-refractivity contribution >= 4 is 23.5 Å². The molecule has 0 aliphatic carbocycles. The molecule has 7 heteroatoms. The third kappa shape index (κ3) is 5.83. The first-order valence-corrected chi connectivity index (χ1v) is 10.1. The van der Waals surface area contributed by atoms with E-state index in [4.69, 9.17) is 0 Å². The molecule has 0 spiro atoms. The summed E-state index contributed by atoms with van der Waals surface area (Å²) in [6.45, 7) is 1.17. The maximum Gasteiger partial charge on any atom is 0.319 e. The van der Waals surface area contributed by atoms with Gasteiger partial charge in [-0.15, -0.1) is 0 Å². The molecule has 3 rings (SSSR count). The van der Waals surface area contributed by atoms with Crippen LogP contribution in [0.1, 0.15) is 30.0 Å². The van der Waals surface area contributed by atoms with Crippen LogP contribution in [0.2, 0.25) is 0 Å². The lowest BCUT2D eigenvalue weighted by molar-refractivity contribution is -0.128. The number of nitrogens with zero attached hydrogens (tertiary/aromatic N) is 2. The van der Waals surface area contributed by atoms with Gasteiger partial charge in [-0.3, -0.25) is 9.59 Å². The standard InChI is InChI=1S/C23H28N4O3/c1-26(2)22(29)15-17-10-12-19(13-11-17)24-23(30)25-20(18-7-4-3-5-8-18)16-27-14-6-9-21(27)28/h3-5,7-8,10-13,20H,6,9,14-16H2,1-2H3,(H2,24,25,30)/t20-/m0/s1. The van der Waals surface area contributed by atoms with E-state index in [9.17, 15) is 14.4 Å². The molecule has 7 nitrogen and oxygen atoms in total. The minimum Gasteiger partial charge on any atom is -0.349 e. The first-order valence-electron chi connectivity index (χ1n) is 10.1. The number of amides is 4. The zero-order valence-corrected chi connectivity index (χ0v) is 17.4. The van der Waals surface area contributed by atoms with Gasteiger partial charge in [0.15, 0.2) is 0 Å². The molecule has 2 aromatic carbocycles. The van der Waals surface area contributed by atoms with E-state index in [1.54, 1.807) is 36.0 Å². The average molecular weight is 409 g/mol. The van der Waals surface area contributed by atoms with Gasteiger partial charge >= 0.3 is 6.03 Å². The van der Waals surface area contributed by atoms with Crippen LogP contribution < -0.4 is 10.6 Å². The molecule has 1 saturated heterocycles. The third-order valence-electron chi connectivity index (χ3n) is 5.15. The van der Waals surface area contributed by atoms with E-state index in [1.165, 1.54) is 0 Å². The number of hydrogen-bond acceptors (Lipinski definition) is 3. The van der Waals surface area contributed by atoms with E-state index < -0.39 is 0 Å². The molecule has 1 aliphatic heterocycles. The SMILES string of the molecule is CN(C)C(=O)Cc1ccc(NC(=O)N[C@@H](CN2CCCC2=O)c2ccccc2)cc1. The summed E-state index contributed by atoms with van der Waals surface area (Å²) in [5.41, 5.74) is 2.47. The van der Waals surface area contributed by atoms with E-state index in [-0.39, 0.29) is 23.9 Å². The van der Waals surface area contributed by atoms with Gasteiger partial charge in [-0.25, -0.2) is 4.79 Å². The van der Waals surface area contributed by atoms with Crippen LogP contribution in [0.25, 0.3) is 0 Å². The van der Waals surface area contributed by atoms with E-state index in [0.29, 0.717) is 25.1 Å². The second-order valence-electron chi connectivity index (χ2n) is 7.67. The first kappa shape index (κ1) is 21.4. The molecule has 2 N–H and O–H groups in total. The van der Waals surface area contributed by atoms with Gasteiger partial charge < -0.3 is 20.4 Å². The monoisotopic (exact) mass is 408 g/mol. The van der Waals surface area contributed by atoms with Crippen molar-refractivity contribution < 1.29 is 14.4 Å². The Balaban J connectivity index is 1.62. The van der Waals surface area contributed by atoms with Gasteiger partial charge in [-0.1, -0.05) is 42.5 Å². The Hall–Kier alpha value is -3.35. The van der Waals surface area contributed by atoms with Crippen molar-refractivity contribution in [3.8, 4) is 0 Å². The Bertz CT molecular complexity index is 881. The molecule has 1 aliphatic rings. The zero-order chi connectivity index (χ0) is 21.5. The Morgan fingerprint density at radius 3 is 2.37 bits per heavy atom. The van der Waals surface area contributed by atoms with Crippen LogP contribution in [0.5, 0.6) is 0 Å².